The Morgan fingerprint density at radius 3 is 2.35 bits per heavy atom. The minimum absolute atomic E-state index is 0.116. The highest BCUT2D eigenvalue weighted by atomic mass is 16.5. The zero-order valence-electron chi connectivity index (χ0n) is 22.2. The van der Waals surface area contributed by atoms with Crippen molar-refractivity contribution >= 4 is 11.9 Å². The van der Waals surface area contributed by atoms with Gasteiger partial charge in [-0.3, -0.25) is 14.4 Å². The van der Waals surface area contributed by atoms with E-state index < -0.39 is 24.0 Å². The van der Waals surface area contributed by atoms with Crippen LogP contribution in [0.3, 0.4) is 0 Å². The molecule has 0 bridgehead atoms. The molecule has 3 rings (SSSR count). The highest BCUT2D eigenvalue weighted by Gasteiger charge is 2.29. The summed E-state index contributed by atoms with van der Waals surface area (Å²) in [6.45, 7) is 9.75. The van der Waals surface area contributed by atoms with Crippen LogP contribution < -0.4 is 15.6 Å². The van der Waals surface area contributed by atoms with Gasteiger partial charge in [-0.1, -0.05) is 32.0 Å². The molecule has 2 N–H and O–H groups in total. The first kappa shape index (κ1) is 27.6. The van der Waals surface area contributed by atoms with Crippen LogP contribution in [0.25, 0.3) is 11.1 Å². The number of rotatable bonds is 10. The van der Waals surface area contributed by atoms with E-state index in [2.05, 4.69) is 10.3 Å². The SMILES string of the molecule is COc1ncc(-c2c(C)cccc2C)cc1[C@H](CC(=O)O)NC(=O)[C@@H](CC(C)C)n1ccc(C)cc1=O. The second kappa shape index (κ2) is 11.9. The molecular formula is C29H35N3O5. The zero-order chi connectivity index (χ0) is 27.3. The Morgan fingerprint density at radius 1 is 1.11 bits per heavy atom. The van der Waals surface area contributed by atoms with Crippen molar-refractivity contribution in [1.29, 1.82) is 0 Å². The monoisotopic (exact) mass is 505 g/mol. The average Bonchev–Trinajstić information content (AvgIpc) is 2.82. The lowest BCUT2D eigenvalue weighted by Gasteiger charge is -2.26. The zero-order valence-corrected chi connectivity index (χ0v) is 22.2. The third-order valence-electron chi connectivity index (χ3n) is 6.35. The Bertz CT molecular complexity index is 1330. The number of carboxylic acid groups (broad SMARTS) is 1. The highest BCUT2D eigenvalue weighted by Crippen LogP contribution is 2.33. The number of carbonyl (C=O) groups excluding carboxylic acids is 1. The van der Waals surface area contributed by atoms with Gasteiger partial charge in [-0.25, -0.2) is 4.98 Å². The number of amides is 1. The Morgan fingerprint density at radius 2 is 1.78 bits per heavy atom. The molecular weight excluding hydrogens is 470 g/mol. The van der Waals surface area contributed by atoms with Gasteiger partial charge in [0, 0.05) is 29.6 Å². The summed E-state index contributed by atoms with van der Waals surface area (Å²) < 4.78 is 6.88. The predicted octanol–water partition coefficient (Wildman–Crippen LogP) is 4.76. The summed E-state index contributed by atoms with van der Waals surface area (Å²) >= 11 is 0. The van der Waals surface area contributed by atoms with Crippen LogP contribution in [0.15, 0.2) is 53.6 Å². The molecule has 2 atom stereocenters. The van der Waals surface area contributed by atoms with Gasteiger partial charge >= 0.3 is 5.97 Å². The number of hydrogen-bond acceptors (Lipinski definition) is 5. The quantitative estimate of drug-likeness (QED) is 0.411. The molecule has 2 heterocycles. The summed E-state index contributed by atoms with van der Waals surface area (Å²) in [5, 5.41) is 12.6. The summed E-state index contributed by atoms with van der Waals surface area (Å²) in [5.41, 5.74) is 4.85. The number of ether oxygens (including phenoxy) is 1. The minimum atomic E-state index is -1.09. The van der Waals surface area contributed by atoms with E-state index in [9.17, 15) is 19.5 Å². The molecule has 1 amide bonds. The van der Waals surface area contributed by atoms with E-state index in [1.807, 2.05) is 58.9 Å². The van der Waals surface area contributed by atoms with E-state index in [1.165, 1.54) is 17.7 Å². The van der Waals surface area contributed by atoms with Gasteiger partial charge in [0.25, 0.3) is 5.56 Å². The first-order chi connectivity index (χ1) is 17.5. The van der Waals surface area contributed by atoms with Crippen LogP contribution in [0, 0.1) is 26.7 Å². The molecule has 1 aromatic carbocycles. The van der Waals surface area contributed by atoms with Crippen LogP contribution in [0.4, 0.5) is 0 Å². The van der Waals surface area contributed by atoms with E-state index in [0.29, 0.717) is 12.0 Å². The van der Waals surface area contributed by atoms with E-state index in [0.717, 1.165) is 27.8 Å². The summed E-state index contributed by atoms with van der Waals surface area (Å²) in [6, 6.07) is 9.33. The van der Waals surface area contributed by atoms with Crippen LogP contribution in [0.2, 0.25) is 0 Å². The molecule has 0 saturated carbocycles. The fourth-order valence-corrected chi connectivity index (χ4v) is 4.62. The predicted molar refractivity (Wildman–Crippen MR) is 143 cm³/mol. The van der Waals surface area contributed by atoms with Crippen LogP contribution in [-0.4, -0.2) is 33.6 Å². The lowest BCUT2D eigenvalue weighted by molar-refractivity contribution is -0.138. The van der Waals surface area contributed by atoms with Gasteiger partial charge in [0.15, 0.2) is 0 Å². The molecule has 8 nitrogen and oxygen atoms in total. The number of methoxy groups -OCH3 is 1. The van der Waals surface area contributed by atoms with Crippen LogP contribution in [0.5, 0.6) is 5.88 Å². The lowest BCUT2D eigenvalue weighted by atomic mass is 9.94. The second-order valence-electron chi connectivity index (χ2n) is 9.84. The maximum absolute atomic E-state index is 13.6. The largest absolute Gasteiger partial charge is 0.481 e. The maximum atomic E-state index is 13.6. The van der Waals surface area contributed by atoms with Crippen molar-refractivity contribution in [2.45, 2.75) is 59.5 Å². The number of benzene rings is 1. The highest BCUT2D eigenvalue weighted by molar-refractivity contribution is 5.82. The third kappa shape index (κ3) is 6.64. The van der Waals surface area contributed by atoms with Crippen molar-refractivity contribution in [2.24, 2.45) is 5.92 Å². The number of hydrogen-bond donors (Lipinski definition) is 2. The van der Waals surface area contributed by atoms with Gasteiger partial charge < -0.3 is 19.7 Å². The van der Waals surface area contributed by atoms with Crippen molar-refractivity contribution in [3.63, 3.8) is 0 Å². The van der Waals surface area contributed by atoms with Crippen molar-refractivity contribution < 1.29 is 19.4 Å². The van der Waals surface area contributed by atoms with Gasteiger partial charge in [0.2, 0.25) is 11.8 Å². The molecule has 0 unspecified atom stereocenters. The molecule has 0 aliphatic rings. The van der Waals surface area contributed by atoms with Crippen LogP contribution in [0.1, 0.15) is 61.0 Å². The summed E-state index contributed by atoms with van der Waals surface area (Å²) in [7, 11) is 1.46. The molecule has 0 saturated heterocycles. The van der Waals surface area contributed by atoms with Gasteiger partial charge in [-0.05, 0) is 67.5 Å². The maximum Gasteiger partial charge on any atom is 0.305 e. The molecule has 2 aromatic heterocycles. The number of aryl methyl sites for hydroxylation is 3. The molecule has 8 heteroatoms. The number of carboxylic acids is 1. The van der Waals surface area contributed by atoms with Crippen molar-refractivity contribution in [3.05, 3.63) is 81.4 Å². The van der Waals surface area contributed by atoms with Crippen molar-refractivity contribution in [2.75, 3.05) is 7.11 Å². The number of nitrogens with zero attached hydrogens (tertiary/aromatic N) is 2. The molecule has 196 valence electrons. The summed E-state index contributed by atoms with van der Waals surface area (Å²) in [6.07, 6.45) is 3.33. The molecule has 0 spiro atoms. The second-order valence-corrected chi connectivity index (χ2v) is 9.84. The number of aliphatic carboxylic acids is 1. The average molecular weight is 506 g/mol. The standard InChI is InChI=1S/C29H35N3O5/c1-17(2)12-24(32-11-10-18(3)13-25(32)33)28(36)31-23(15-26(34)35)22-14-21(16-30-29(22)37-6)27-19(4)8-7-9-20(27)5/h7-11,13-14,16-17,23-24H,12,15H2,1-6H3,(H,31,36)(H,34,35)/t23-,24+/m0/s1. The van der Waals surface area contributed by atoms with Crippen LogP contribution in [-0.2, 0) is 9.59 Å². The van der Waals surface area contributed by atoms with E-state index >= 15 is 0 Å². The Labute approximate surface area is 217 Å². The van der Waals surface area contributed by atoms with Gasteiger partial charge in [-0.2, -0.15) is 0 Å². The Hall–Kier alpha value is -3.94. The first-order valence-electron chi connectivity index (χ1n) is 12.3. The Kier molecular flexibility index (Phi) is 8.86. The number of aromatic nitrogens is 2. The Balaban J connectivity index is 2.07. The topological polar surface area (TPSA) is 111 Å². The fourth-order valence-electron chi connectivity index (χ4n) is 4.62. The van der Waals surface area contributed by atoms with Crippen molar-refractivity contribution in [3.8, 4) is 17.0 Å². The van der Waals surface area contributed by atoms with E-state index in [1.54, 1.807) is 18.5 Å². The molecule has 0 fully saturated rings. The van der Waals surface area contributed by atoms with E-state index in [4.69, 9.17) is 4.74 Å². The van der Waals surface area contributed by atoms with Crippen molar-refractivity contribution in [1.82, 2.24) is 14.9 Å². The molecule has 3 aromatic rings. The summed E-state index contributed by atoms with van der Waals surface area (Å²) in [4.78, 5) is 42.7. The smallest absolute Gasteiger partial charge is 0.305 e. The van der Waals surface area contributed by atoms with Gasteiger partial charge in [-0.15, -0.1) is 0 Å². The number of carbonyl (C=O) groups is 2. The number of nitrogens with one attached hydrogen (secondary N) is 1. The van der Waals surface area contributed by atoms with Crippen LogP contribution >= 0.6 is 0 Å². The molecule has 37 heavy (non-hydrogen) atoms. The molecule has 0 aliphatic carbocycles. The summed E-state index contributed by atoms with van der Waals surface area (Å²) in [5.74, 6) is -1.18. The van der Waals surface area contributed by atoms with Gasteiger partial charge in [0.05, 0.1) is 19.6 Å². The normalized spacial score (nSPS) is 12.7. The first-order valence-corrected chi connectivity index (χ1v) is 12.3. The molecule has 0 aliphatic heterocycles. The minimum Gasteiger partial charge on any atom is -0.481 e. The third-order valence-corrected chi connectivity index (χ3v) is 6.35. The lowest BCUT2D eigenvalue weighted by Crippen LogP contribution is -2.40. The van der Waals surface area contributed by atoms with E-state index in [-0.39, 0.29) is 23.8 Å². The fraction of sp³-hybridized carbons (Fsp3) is 0.379. The van der Waals surface area contributed by atoms with Gasteiger partial charge in [0.1, 0.15) is 6.04 Å². The molecule has 0 radical (unpaired) electrons. The number of pyridine rings is 2.